The highest BCUT2D eigenvalue weighted by Crippen LogP contribution is 2.40. The fourth-order valence-corrected chi connectivity index (χ4v) is 7.01. The average molecular weight is 614 g/mol. The first-order valence-corrected chi connectivity index (χ1v) is 16.3. The van der Waals surface area contributed by atoms with Gasteiger partial charge in [-0.15, -0.1) is 0 Å². The number of aryl methyl sites for hydroxylation is 1. The van der Waals surface area contributed by atoms with Crippen molar-refractivity contribution in [3.63, 3.8) is 0 Å². The van der Waals surface area contributed by atoms with Crippen LogP contribution in [0.3, 0.4) is 0 Å². The van der Waals surface area contributed by atoms with E-state index < -0.39 is 0 Å². The van der Waals surface area contributed by atoms with Crippen molar-refractivity contribution in [2.24, 2.45) is 0 Å². The fraction of sp³-hybridized carbons (Fsp3) is 0.0222. The molecule has 9 aromatic rings. The standard InChI is InChI=1S/C45H31N3/c1-30-13-11-22-42(46-30)37-27-35(26-36(28-37)41-29-33-16-5-6-19-38(33)39-20-7-8-21-40(39)41)32-17-12-18-34(25-32)44-45(31-14-3-2-4-15-31)48-24-10-9-23-43(48)47-44/h2-29H,1H3. The Labute approximate surface area is 279 Å². The molecule has 0 saturated heterocycles. The van der Waals surface area contributed by atoms with E-state index in [2.05, 4.69) is 162 Å². The topological polar surface area (TPSA) is 30.2 Å². The maximum atomic E-state index is 5.15. The van der Waals surface area contributed by atoms with Gasteiger partial charge in [0, 0.05) is 28.6 Å². The predicted octanol–water partition coefficient (Wildman–Crippen LogP) is 11.7. The number of aromatic nitrogens is 3. The van der Waals surface area contributed by atoms with Crippen LogP contribution in [-0.4, -0.2) is 14.4 Å². The van der Waals surface area contributed by atoms with E-state index >= 15 is 0 Å². The molecule has 0 bridgehead atoms. The minimum atomic E-state index is 0.926. The van der Waals surface area contributed by atoms with Crippen molar-refractivity contribution in [1.29, 1.82) is 0 Å². The Morgan fingerprint density at radius 1 is 0.438 bits per heavy atom. The molecule has 3 aromatic heterocycles. The van der Waals surface area contributed by atoms with Crippen molar-refractivity contribution in [2.45, 2.75) is 6.92 Å². The maximum absolute atomic E-state index is 5.15. The lowest BCUT2D eigenvalue weighted by Crippen LogP contribution is -1.92. The molecule has 0 amide bonds. The summed E-state index contributed by atoms with van der Waals surface area (Å²) in [6, 6.07) is 58.4. The normalized spacial score (nSPS) is 11.4. The van der Waals surface area contributed by atoms with Crippen molar-refractivity contribution >= 4 is 27.2 Å². The molecular weight excluding hydrogens is 583 g/mol. The SMILES string of the molecule is Cc1cccc(-c2cc(-c3cccc(-c4nc5ccccn5c4-c4ccccc4)c3)cc(-c3cc4ccccc4c4ccccc34)c2)n1. The van der Waals surface area contributed by atoms with E-state index in [4.69, 9.17) is 9.97 Å². The van der Waals surface area contributed by atoms with E-state index in [0.29, 0.717) is 0 Å². The summed E-state index contributed by atoms with van der Waals surface area (Å²) in [5.41, 5.74) is 12.9. The highest BCUT2D eigenvalue weighted by Gasteiger charge is 2.17. The summed E-state index contributed by atoms with van der Waals surface area (Å²) in [5, 5.41) is 4.99. The number of hydrogen-bond donors (Lipinski definition) is 0. The van der Waals surface area contributed by atoms with E-state index in [9.17, 15) is 0 Å². The van der Waals surface area contributed by atoms with E-state index in [1.165, 1.54) is 27.1 Å². The zero-order valence-corrected chi connectivity index (χ0v) is 26.5. The van der Waals surface area contributed by atoms with E-state index in [-0.39, 0.29) is 0 Å². The van der Waals surface area contributed by atoms with Crippen molar-refractivity contribution < 1.29 is 0 Å². The molecule has 3 nitrogen and oxygen atoms in total. The highest BCUT2D eigenvalue weighted by molar-refractivity contribution is 6.14. The van der Waals surface area contributed by atoms with Crippen molar-refractivity contribution in [2.75, 3.05) is 0 Å². The lowest BCUT2D eigenvalue weighted by Gasteiger charge is -2.15. The number of hydrogen-bond acceptors (Lipinski definition) is 2. The Hall–Kier alpha value is -6.32. The summed E-state index contributed by atoms with van der Waals surface area (Å²) in [7, 11) is 0. The minimum Gasteiger partial charge on any atom is -0.299 e. The summed E-state index contributed by atoms with van der Waals surface area (Å²) < 4.78 is 2.18. The van der Waals surface area contributed by atoms with Gasteiger partial charge >= 0.3 is 0 Å². The molecule has 0 N–H and O–H groups in total. The molecule has 0 aliphatic carbocycles. The summed E-state index contributed by atoms with van der Waals surface area (Å²) in [6.07, 6.45) is 2.09. The molecule has 0 fully saturated rings. The molecule has 0 saturated carbocycles. The van der Waals surface area contributed by atoms with Gasteiger partial charge in [-0.1, -0.05) is 109 Å². The Bertz CT molecular complexity index is 2630. The van der Waals surface area contributed by atoms with Gasteiger partial charge in [-0.05, 0) is 105 Å². The molecule has 0 unspecified atom stereocenters. The molecular formula is C45H31N3. The van der Waals surface area contributed by atoms with E-state index in [1.54, 1.807) is 0 Å². The molecule has 0 radical (unpaired) electrons. The zero-order chi connectivity index (χ0) is 32.0. The number of benzene rings is 6. The van der Waals surface area contributed by atoms with Crippen LogP contribution in [0.25, 0.3) is 83.2 Å². The Morgan fingerprint density at radius 3 is 1.98 bits per heavy atom. The fourth-order valence-electron chi connectivity index (χ4n) is 7.01. The van der Waals surface area contributed by atoms with Crippen LogP contribution in [0.5, 0.6) is 0 Å². The quantitative estimate of drug-likeness (QED) is 0.181. The second-order valence-electron chi connectivity index (χ2n) is 12.3. The molecule has 0 atom stereocenters. The zero-order valence-electron chi connectivity index (χ0n) is 26.5. The molecule has 48 heavy (non-hydrogen) atoms. The monoisotopic (exact) mass is 613 g/mol. The van der Waals surface area contributed by atoms with E-state index in [1.807, 2.05) is 19.1 Å². The third kappa shape index (κ3) is 4.85. The number of imidazole rings is 1. The number of rotatable bonds is 5. The van der Waals surface area contributed by atoms with Gasteiger partial charge in [0.1, 0.15) is 5.65 Å². The van der Waals surface area contributed by atoms with Crippen molar-refractivity contribution in [1.82, 2.24) is 14.4 Å². The third-order valence-electron chi connectivity index (χ3n) is 9.24. The summed E-state index contributed by atoms with van der Waals surface area (Å²) in [6.45, 7) is 2.05. The molecule has 226 valence electrons. The van der Waals surface area contributed by atoms with Crippen LogP contribution < -0.4 is 0 Å². The lowest BCUT2D eigenvalue weighted by molar-refractivity contribution is 1.19. The maximum Gasteiger partial charge on any atom is 0.137 e. The second-order valence-corrected chi connectivity index (χ2v) is 12.3. The summed E-state index contributed by atoms with van der Waals surface area (Å²) in [4.78, 5) is 10.1. The highest BCUT2D eigenvalue weighted by atomic mass is 15.0. The molecule has 3 heteroatoms. The van der Waals surface area contributed by atoms with Crippen molar-refractivity contribution in [3.8, 4) is 56.0 Å². The molecule has 3 heterocycles. The van der Waals surface area contributed by atoms with Crippen LogP contribution in [0.2, 0.25) is 0 Å². The Balaban J connectivity index is 1.27. The van der Waals surface area contributed by atoms with Crippen LogP contribution in [0, 0.1) is 6.92 Å². The van der Waals surface area contributed by atoms with Crippen LogP contribution in [0.4, 0.5) is 0 Å². The van der Waals surface area contributed by atoms with Gasteiger partial charge < -0.3 is 0 Å². The summed E-state index contributed by atoms with van der Waals surface area (Å²) >= 11 is 0. The van der Waals surface area contributed by atoms with Crippen molar-refractivity contribution in [3.05, 3.63) is 176 Å². The van der Waals surface area contributed by atoms with Crippen LogP contribution in [0.1, 0.15) is 5.69 Å². The summed E-state index contributed by atoms with van der Waals surface area (Å²) in [5.74, 6) is 0. The lowest BCUT2D eigenvalue weighted by atomic mass is 9.89. The second kappa shape index (κ2) is 11.5. The van der Waals surface area contributed by atoms with Gasteiger partial charge in [0.2, 0.25) is 0 Å². The first kappa shape index (κ1) is 27.9. The van der Waals surface area contributed by atoms with E-state index in [0.717, 1.165) is 61.8 Å². The van der Waals surface area contributed by atoms with Gasteiger partial charge in [-0.3, -0.25) is 9.38 Å². The third-order valence-corrected chi connectivity index (χ3v) is 9.24. The molecule has 0 aliphatic rings. The van der Waals surface area contributed by atoms with Gasteiger partial charge in [0.05, 0.1) is 17.1 Å². The molecule has 9 rings (SSSR count). The molecule has 0 aliphatic heterocycles. The number of pyridine rings is 2. The first-order valence-electron chi connectivity index (χ1n) is 16.3. The van der Waals surface area contributed by atoms with Gasteiger partial charge in [-0.2, -0.15) is 0 Å². The van der Waals surface area contributed by atoms with Gasteiger partial charge in [0.25, 0.3) is 0 Å². The van der Waals surface area contributed by atoms with Crippen LogP contribution in [0.15, 0.2) is 170 Å². The Kier molecular flexibility index (Phi) is 6.69. The molecule has 0 spiro atoms. The number of nitrogens with zero attached hydrogens (tertiary/aromatic N) is 3. The first-order chi connectivity index (χ1) is 23.7. The van der Waals surface area contributed by atoms with Crippen LogP contribution >= 0.6 is 0 Å². The minimum absolute atomic E-state index is 0.926. The molecule has 6 aromatic carbocycles. The number of fused-ring (bicyclic) bond motifs is 4. The average Bonchev–Trinajstić information content (AvgIpc) is 3.55. The smallest absolute Gasteiger partial charge is 0.137 e. The predicted molar refractivity (Wildman–Crippen MR) is 200 cm³/mol. The Morgan fingerprint density at radius 2 is 1.10 bits per heavy atom. The van der Waals surface area contributed by atoms with Gasteiger partial charge in [-0.25, -0.2) is 4.98 Å². The van der Waals surface area contributed by atoms with Crippen LogP contribution in [-0.2, 0) is 0 Å². The largest absolute Gasteiger partial charge is 0.299 e. The van der Waals surface area contributed by atoms with Gasteiger partial charge in [0.15, 0.2) is 0 Å².